The average Bonchev–Trinajstić information content (AvgIpc) is 2.78. The van der Waals surface area contributed by atoms with E-state index in [0.717, 1.165) is 22.5 Å². The summed E-state index contributed by atoms with van der Waals surface area (Å²) in [5.41, 5.74) is -0.683. The minimum Gasteiger partial charge on any atom is -0.496 e. The summed E-state index contributed by atoms with van der Waals surface area (Å²) in [7, 11) is -2.89. The second-order valence-electron chi connectivity index (χ2n) is 6.90. The summed E-state index contributed by atoms with van der Waals surface area (Å²) >= 11 is 0. The first-order valence-corrected chi connectivity index (χ1v) is 11.3. The number of halogens is 4. The number of methoxy groups -OCH3 is 1. The molecule has 0 atom stereocenters. The van der Waals surface area contributed by atoms with Crippen LogP contribution in [-0.4, -0.2) is 22.1 Å². The highest BCUT2D eigenvalue weighted by atomic mass is 32.2. The number of rotatable bonds is 8. The molecule has 0 bridgehead atoms. The van der Waals surface area contributed by atoms with Crippen LogP contribution in [0.2, 0.25) is 0 Å². The van der Waals surface area contributed by atoms with E-state index in [0.29, 0.717) is 11.8 Å². The van der Waals surface area contributed by atoms with Crippen molar-refractivity contribution in [3.8, 4) is 11.5 Å². The van der Waals surface area contributed by atoms with Crippen molar-refractivity contribution in [2.24, 2.45) is 0 Å². The van der Waals surface area contributed by atoms with Crippen LogP contribution in [0.5, 0.6) is 11.5 Å². The normalized spacial score (nSPS) is 11.8. The fourth-order valence-corrected chi connectivity index (χ4v) is 4.72. The predicted molar refractivity (Wildman–Crippen MR) is 115 cm³/mol. The molecule has 0 spiro atoms. The van der Waals surface area contributed by atoms with Crippen LogP contribution in [-0.2, 0) is 22.8 Å². The summed E-state index contributed by atoms with van der Waals surface area (Å²) in [5.74, 6) is 0.0248. The quantitative estimate of drug-likeness (QED) is 0.389. The van der Waals surface area contributed by atoms with E-state index in [2.05, 4.69) is 0 Å². The Bertz CT molecular complexity index is 1230. The Kier molecular flexibility index (Phi) is 7.16. The summed E-state index contributed by atoms with van der Waals surface area (Å²) < 4.78 is 91.3. The van der Waals surface area contributed by atoms with Crippen molar-refractivity contribution in [1.29, 1.82) is 0 Å². The Morgan fingerprint density at radius 2 is 1.67 bits per heavy atom. The van der Waals surface area contributed by atoms with E-state index in [1.54, 1.807) is 19.1 Å². The molecule has 10 heteroatoms. The number of anilines is 1. The maximum absolute atomic E-state index is 14.1. The first-order chi connectivity index (χ1) is 15.6. The zero-order valence-corrected chi connectivity index (χ0v) is 18.6. The molecule has 3 rings (SSSR count). The highest BCUT2D eigenvalue weighted by Gasteiger charge is 2.33. The van der Waals surface area contributed by atoms with E-state index >= 15 is 0 Å². The Labute approximate surface area is 189 Å². The molecule has 3 aromatic carbocycles. The molecule has 0 fully saturated rings. The van der Waals surface area contributed by atoms with Crippen LogP contribution in [0.1, 0.15) is 18.1 Å². The molecular formula is C23H21F4NO4S. The fourth-order valence-electron chi connectivity index (χ4n) is 3.21. The molecule has 0 N–H and O–H groups in total. The zero-order chi connectivity index (χ0) is 24.2. The molecule has 0 unspecified atom stereocenters. The van der Waals surface area contributed by atoms with Crippen molar-refractivity contribution in [1.82, 2.24) is 0 Å². The second-order valence-corrected chi connectivity index (χ2v) is 8.76. The summed E-state index contributed by atoms with van der Waals surface area (Å²) in [6.07, 6.45) is -4.68. The molecule has 0 aliphatic rings. The van der Waals surface area contributed by atoms with Crippen molar-refractivity contribution in [2.75, 3.05) is 18.0 Å². The second kappa shape index (κ2) is 9.70. The molecule has 0 amide bonds. The molecule has 33 heavy (non-hydrogen) atoms. The topological polar surface area (TPSA) is 55.8 Å². The Hall–Kier alpha value is -3.27. The number of sulfonamides is 1. The molecule has 0 saturated heterocycles. The van der Waals surface area contributed by atoms with Crippen LogP contribution < -0.4 is 13.8 Å². The van der Waals surface area contributed by atoms with Gasteiger partial charge in [0.05, 0.1) is 28.8 Å². The fraction of sp³-hybridized carbons (Fsp3) is 0.217. The molecule has 0 aliphatic heterocycles. The van der Waals surface area contributed by atoms with Gasteiger partial charge in [-0.3, -0.25) is 4.31 Å². The van der Waals surface area contributed by atoms with Crippen LogP contribution in [0, 0.1) is 5.82 Å². The molecule has 0 saturated carbocycles. The van der Waals surface area contributed by atoms with E-state index < -0.39 is 32.5 Å². The molecule has 3 aromatic rings. The van der Waals surface area contributed by atoms with Crippen LogP contribution in [0.3, 0.4) is 0 Å². The third-order valence-electron chi connectivity index (χ3n) is 4.82. The van der Waals surface area contributed by atoms with Gasteiger partial charge in [0.2, 0.25) is 0 Å². The van der Waals surface area contributed by atoms with Crippen molar-refractivity contribution < 1.29 is 35.5 Å². The van der Waals surface area contributed by atoms with Crippen molar-refractivity contribution in [2.45, 2.75) is 24.6 Å². The third kappa shape index (κ3) is 5.39. The largest absolute Gasteiger partial charge is 0.496 e. The zero-order valence-electron chi connectivity index (χ0n) is 17.8. The monoisotopic (exact) mass is 483 g/mol. The molecule has 0 aromatic heterocycles. The highest BCUT2D eigenvalue weighted by Crippen LogP contribution is 2.33. The first kappa shape index (κ1) is 24.4. The van der Waals surface area contributed by atoms with Gasteiger partial charge in [0.25, 0.3) is 10.0 Å². The number of hydrogen-bond acceptors (Lipinski definition) is 4. The number of benzene rings is 3. The third-order valence-corrected chi connectivity index (χ3v) is 6.72. The Balaban J connectivity index is 1.89. The smallest absolute Gasteiger partial charge is 0.416 e. The van der Waals surface area contributed by atoms with Gasteiger partial charge >= 0.3 is 6.18 Å². The van der Waals surface area contributed by atoms with Gasteiger partial charge in [-0.05, 0) is 49.4 Å². The summed E-state index contributed by atoms with van der Waals surface area (Å²) in [4.78, 5) is -0.485. The maximum atomic E-state index is 14.1. The molecule has 0 aliphatic carbocycles. The minimum absolute atomic E-state index is 0.0385. The van der Waals surface area contributed by atoms with Gasteiger partial charge in [-0.25, -0.2) is 12.8 Å². The van der Waals surface area contributed by atoms with Crippen LogP contribution in [0.4, 0.5) is 23.2 Å². The standard InChI is InChI=1S/C23H21F4NO4S/c1-3-28(33(29,30)19-10-4-7-16(13-19)23(25,26)27)17-8-5-9-18(14-17)32-15-20-21(24)11-6-12-22(20)31-2/h4-14H,3,15H2,1-2H3. The van der Waals surface area contributed by atoms with Gasteiger partial charge in [0, 0.05) is 12.6 Å². The lowest BCUT2D eigenvalue weighted by Crippen LogP contribution is -2.31. The van der Waals surface area contributed by atoms with E-state index in [1.165, 1.54) is 37.4 Å². The van der Waals surface area contributed by atoms with Gasteiger partial charge in [0.1, 0.15) is 23.9 Å². The van der Waals surface area contributed by atoms with E-state index in [-0.39, 0.29) is 30.2 Å². The lowest BCUT2D eigenvalue weighted by molar-refractivity contribution is -0.137. The molecule has 0 heterocycles. The van der Waals surface area contributed by atoms with E-state index in [4.69, 9.17) is 9.47 Å². The summed E-state index contributed by atoms with van der Waals surface area (Å²) in [5, 5.41) is 0. The summed E-state index contributed by atoms with van der Waals surface area (Å²) in [6.45, 7) is 1.35. The van der Waals surface area contributed by atoms with Crippen molar-refractivity contribution >= 4 is 15.7 Å². The molecule has 0 radical (unpaired) electrons. The highest BCUT2D eigenvalue weighted by molar-refractivity contribution is 7.92. The van der Waals surface area contributed by atoms with Gasteiger partial charge < -0.3 is 9.47 Å². The van der Waals surface area contributed by atoms with Crippen molar-refractivity contribution in [3.63, 3.8) is 0 Å². The van der Waals surface area contributed by atoms with Gasteiger partial charge in [-0.15, -0.1) is 0 Å². The molecular weight excluding hydrogens is 462 g/mol. The van der Waals surface area contributed by atoms with Crippen molar-refractivity contribution in [3.05, 3.63) is 83.7 Å². The van der Waals surface area contributed by atoms with Gasteiger partial charge in [0.15, 0.2) is 0 Å². The number of nitrogens with zero attached hydrogens (tertiary/aromatic N) is 1. The lowest BCUT2D eigenvalue weighted by Gasteiger charge is -2.24. The van der Waals surface area contributed by atoms with E-state index in [9.17, 15) is 26.0 Å². The lowest BCUT2D eigenvalue weighted by atomic mass is 10.2. The van der Waals surface area contributed by atoms with E-state index in [1.807, 2.05) is 0 Å². The van der Waals surface area contributed by atoms with Crippen LogP contribution >= 0.6 is 0 Å². The maximum Gasteiger partial charge on any atom is 0.416 e. The number of alkyl halides is 3. The average molecular weight is 483 g/mol. The van der Waals surface area contributed by atoms with Crippen LogP contribution in [0.25, 0.3) is 0 Å². The Morgan fingerprint density at radius 3 is 2.33 bits per heavy atom. The summed E-state index contributed by atoms with van der Waals surface area (Å²) in [6, 6.07) is 13.9. The Morgan fingerprint density at radius 1 is 0.970 bits per heavy atom. The SMILES string of the molecule is CCN(c1cccc(OCc2c(F)cccc2OC)c1)S(=O)(=O)c1cccc(C(F)(F)F)c1. The number of ether oxygens (including phenoxy) is 2. The molecule has 5 nitrogen and oxygen atoms in total. The number of hydrogen-bond donors (Lipinski definition) is 0. The minimum atomic E-state index is -4.68. The van der Waals surface area contributed by atoms with Gasteiger partial charge in [-0.1, -0.05) is 18.2 Å². The molecule has 176 valence electrons. The first-order valence-electron chi connectivity index (χ1n) is 9.82. The van der Waals surface area contributed by atoms with Crippen LogP contribution in [0.15, 0.2) is 71.6 Å². The predicted octanol–water partition coefficient (Wildman–Crippen LogP) is 5.65. The van der Waals surface area contributed by atoms with Gasteiger partial charge in [-0.2, -0.15) is 13.2 Å².